The zero-order valence-electron chi connectivity index (χ0n) is 17.1. The summed E-state index contributed by atoms with van der Waals surface area (Å²) in [6.07, 6.45) is 2.57. The lowest BCUT2D eigenvalue weighted by Crippen LogP contribution is -2.17. The molecule has 1 atom stereocenters. The van der Waals surface area contributed by atoms with Crippen LogP contribution in [0.1, 0.15) is 22.6 Å². The standard InChI is InChI=1S/C27H22BrNO2/c1-16-5-11-24(29-14-16)21-3-2-4-22-23(21)13-18(15-30)26-20(10-12-25(31)27(22)26)17-6-8-19(28)9-7-17/h2-12,14,18,30-31H,13,15H2,1H3. The number of phenols is 1. The Labute approximate surface area is 190 Å². The SMILES string of the molecule is Cc1ccc(-c2cccc3c2CC(CO)c2c(-c4ccc(Br)cc4)ccc(O)c2-3)nc1. The van der Waals surface area contributed by atoms with Gasteiger partial charge in [0, 0.05) is 27.7 Å². The summed E-state index contributed by atoms with van der Waals surface area (Å²) in [6, 6.07) is 22.1. The summed E-state index contributed by atoms with van der Waals surface area (Å²) in [5.41, 5.74) is 9.14. The van der Waals surface area contributed by atoms with Crippen molar-refractivity contribution in [1.29, 1.82) is 0 Å². The van der Waals surface area contributed by atoms with Crippen molar-refractivity contribution in [2.75, 3.05) is 6.61 Å². The minimum atomic E-state index is -0.111. The van der Waals surface area contributed by atoms with Gasteiger partial charge in [-0.1, -0.05) is 58.4 Å². The molecule has 3 nitrogen and oxygen atoms in total. The predicted molar refractivity (Wildman–Crippen MR) is 128 cm³/mol. The minimum Gasteiger partial charge on any atom is -0.507 e. The van der Waals surface area contributed by atoms with Gasteiger partial charge in [0.2, 0.25) is 0 Å². The van der Waals surface area contributed by atoms with Crippen LogP contribution < -0.4 is 0 Å². The van der Waals surface area contributed by atoms with Gasteiger partial charge >= 0.3 is 0 Å². The van der Waals surface area contributed by atoms with Gasteiger partial charge in [-0.3, -0.25) is 4.98 Å². The van der Waals surface area contributed by atoms with Crippen molar-refractivity contribution in [3.63, 3.8) is 0 Å². The van der Waals surface area contributed by atoms with Crippen molar-refractivity contribution in [3.05, 3.63) is 94.1 Å². The number of rotatable bonds is 3. The third-order valence-electron chi connectivity index (χ3n) is 6.09. The van der Waals surface area contributed by atoms with Gasteiger partial charge in [0.05, 0.1) is 12.3 Å². The van der Waals surface area contributed by atoms with Crippen LogP contribution in [0.15, 0.2) is 77.4 Å². The maximum absolute atomic E-state index is 10.9. The molecule has 0 saturated carbocycles. The molecule has 1 heterocycles. The molecule has 1 aliphatic rings. The van der Waals surface area contributed by atoms with Crippen molar-refractivity contribution >= 4 is 15.9 Å². The first-order valence-electron chi connectivity index (χ1n) is 10.3. The number of phenolic OH excluding ortho intramolecular Hbond substituents is 1. The second-order valence-electron chi connectivity index (χ2n) is 8.06. The fraction of sp³-hybridized carbons (Fsp3) is 0.148. The number of aliphatic hydroxyl groups is 1. The van der Waals surface area contributed by atoms with E-state index in [-0.39, 0.29) is 18.3 Å². The lowest BCUT2D eigenvalue weighted by atomic mass is 9.74. The van der Waals surface area contributed by atoms with Gasteiger partial charge in [-0.2, -0.15) is 0 Å². The number of aryl methyl sites for hydroxylation is 1. The van der Waals surface area contributed by atoms with Crippen molar-refractivity contribution in [2.24, 2.45) is 0 Å². The Kier molecular flexibility index (Phi) is 5.12. The van der Waals surface area contributed by atoms with Gasteiger partial charge in [0.15, 0.2) is 0 Å². The van der Waals surface area contributed by atoms with E-state index in [0.717, 1.165) is 54.7 Å². The van der Waals surface area contributed by atoms with E-state index in [1.54, 1.807) is 6.07 Å². The summed E-state index contributed by atoms with van der Waals surface area (Å²) < 4.78 is 1.02. The summed E-state index contributed by atoms with van der Waals surface area (Å²) in [5.74, 6) is 0.129. The monoisotopic (exact) mass is 471 g/mol. The molecule has 0 spiro atoms. The van der Waals surface area contributed by atoms with Gasteiger partial charge < -0.3 is 10.2 Å². The fourth-order valence-electron chi connectivity index (χ4n) is 4.61. The number of halogens is 1. The number of pyridine rings is 1. The average molecular weight is 472 g/mol. The van der Waals surface area contributed by atoms with E-state index < -0.39 is 0 Å². The number of aliphatic hydroxyl groups excluding tert-OH is 1. The van der Waals surface area contributed by atoms with Crippen molar-refractivity contribution in [3.8, 4) is 39.3 Å². The summed E-state index contributed by atoms with van der Waals surface area (Å²) in [5, 5.41) is 21.3. The van der Waals surface area contributed by atoms with Gasteiger partial charge in [-0.15, -0.1) is 0 Å². The first-order chi connectivity index (χ1) is 15.1. The van der Waals surface area contributed by atoms with Crippen LogP contribution in [0, 0.1) is 6.92 Å². The molecule has 154 valence electrons. The first kappa shape index (κ1) is 20.0. The number of aromatic nitrogens is 1. The summed E-state index contributed by atoms with van der Waals surface area (Å²) >= 11 is 3.50. The molecule has 5 rings (SSSR count). The number of aromatic hydroxyl groups is 1. The second-order valence-corrected chi connectivity index (χ2v) is 8.98. The Morgan fingerprint density at radius 1 is 0.935 bits per heavy atom. The molecule has 4 heteroatoms. The number of fused-ring (bicyclic) bond motifs is 3. The lowest BCUT2D eigenvalue weighted by Gasteiger charge is -2.31. The van der Waals surface area contributed by atoms with Crippen molar-refractivity contribution in [1.82, 2.24) is 4.98 Å². The Bertz CT molecular complexity index is 1260. The van der Waals surface area contributed by atoms with Crippen LogP contribution >= 0.6 is 15.9 Å². The third kappa shape index (κ3) is 3.46. The van der Waals surface area contributed by atoms with E-state index in [4.69, 9.17) is 0 Å². The molecule has 0 aliphatic heterocycles. The minimum absolute atomic E-state index is 0.00901. The molecule has 0 fully saturated rings. The van der Waals surface area contributed by atoms with E-state index in [1.165, 1.54) is 0 Å². The molecule has 0 radical (unpaired) electrons. The summed E-state index contributed by atoms with van der Waals surface area (Å²) in [6.45, 7) is 2.03. The molecule has 0 bridgehead atoms. The molecule has 2 N–H and O–H groups in total. The fourth-order valence-corrected chi connectivity index (χ4v) is 4.87. The maximum Gasteiger partial charge on any atom is 0.123 e. The summed E-state index contributed by atoms with van der Waals surface area (Å²) in [7, 11) is 0. The van der Waals surface area contributed by atoms with E-state index in [0.29, 0.717) is 6.42 Å². The van der Waals surface area contributed by atoms with Gasteiger partial charge in [-0.25, -0.2) is 0 Å². The van der Waals surface area contributed by atoms with E-state index in [9.17, 15) is 10.2 Å². The Balaban J connectivity index is 1.76. The first-order valence-corrected chi connectivity index (χ1v) is 11.1. The van der Waals surface area contributed by atoms with Crippen LogP contribution in [-0.2, 0) is 6.42 Å². The van der Waals surface area contributed by atoms with E-state index >= 15 is 0 Å². The van der Waals surface area contributed by atoms with E-state index in [1.807, 2.05) is 43.5 Å². The Morgan fingerprint density at radius 2 is 1.71 bits per heavy atom. The van der Waals surface area contributed by atoms with Gasteiger partial charge in [-0.05, 0) is 71.0 Å². The molecular weight excluding hydrogens is 450 g/mol. The Hall–Kier alpha value is -2.95. The van der Waals surface area contributed by atoms with Crippen LogP contribution in [0.2, 0.25) is 0 Å². The highest BCUT2D eigenvalue weighted by Crippen LogP contribution is 2.50. The second kappa shape index (κ2) is 7.95. The quantitative estimate of drug-likeness (QED) is 0.358. The number of nitrogens with zero attached hydrogens (tertiary/aromatic N) is 1. The zero-order valence-corrected chi connectivity index (χ0v) is 18.7. The highest BCUT2D eigenvalue weighted by Gasteiger charge is 2.31. The van der Waals surface area contributed by atoms with Gasteiger partial charge in [0.1, 0.15) is 5.75 Å². The highest BCUT2D eigenvalue weighted by molar-refractivity contribution is 9.10. The molecule has 31 heavy (non-hydrogen) atoms. The van der Waals surface area contributed by atoms with Gasteiger partial charge in [0.25, 0.3) is 0 Å². The largest absolute Gasteiger partial charge is 0.507 e. The van der Waals surface area contributed by atoms with Crippen LogP contribution in [0.4, 0.5) is 0 Å². The molecule has 4 aromatic rings. The average Bonchev–Trinajstić information content (AvgIpc) is 2.79. The third-order valence-corrected chi connectivity index (χ3v) is 6.62. The van der Waals surface area contributed by atoms with Crippen LogP contribution in [0.25, 0.3) is 33.5 Å². The van der Waals surface area contributed by atoms with E-state index in [2.05, 4.69) is 51.2 Å². The molecule has 1 unspecified atom stereocenters. The number of benzene rings is 3. The molecule has 1 aliphatic carbocycles. The maximum atomic E-state index is 10.9. The molecule has 1 aromatic heterocycles. The van der Waals surface area contributed by atoms with Crippen molar-refractivity contribution < 1.29 is 10.2 Å². The normalized spacial score (nSPS) is 14.7. The summed E-state index contributed by atoms with van der Waals surface area (Å²) in [4.78, 5) is 4.63. The topological polar surface area (TPSA) is 53.4 Å². The number of hydrogen-bond acceptors (Lipinski definition) is 3. The molecule has 0 amide bonds. The lowest BCUT2D eigenvalue weighted by molar-refractivity contribution is 0.264. The predicted octanol–water partition coefficient (Wildman–Crippen LogP) is 6.49. The molecule has 3 aromatic carbocycles. The molecular formula is C27H22BrNO2. The molecule has 0 saturated heterocycles. The zero-order chi connectivity index (χ0) is 21.5. The highest BCUT2D eigenvalue weighted by atomic mass is 79.9. The Morgan fingerprint density at radius 3 is 2.42 bits per heavy atom. The smallest absolute Gasteiger partial charge is 0.123 e. The van der Waals surface area contributed by atoms with Crippen LogP contribution in [0.3, 0.4) is 0 Å². The number of hydrogen-bond donors (Lipinski definition) is 2. The van der Waals surface area contributed by atoms with Crippen LogP contribution in [-0.4, -0.2) is 21.8 Å². The van der Waals surface area contributed by atoms with Crippen molar-refractivity contribution in [2.45, 2.75) is 19.3 Å². The van der Waals surface area contributed by atoms with Crippen LogP contribution in [0.5, 0.6) is 5.75 Å².